The SMILES string of the molecule is CCOC(=O)c1ccc(NC(=O)COc2ccc(Br)cc2/C=C2\SC(=O)NC2=O)cc1. The standard InChI is InChI=1S/C21H17BrN2O6S/c1-2-29-20(27)12-3-6-15(7-4-12)23-18(25)11-30-16-8-5-14(22)9-13(16)10-17-19(26)24-21(28)31-17/h3-10H,2,11H2,1H3,(H,23,25)(H,24,26,28)/b17-10-. The van der Waals surface area contributed by atoms with Crippen LogP contribution in [0, 0.1) is 0 Å². The molecule has 3 amide bonds. The molecule has 31 heavy (non-hydrogen) atoms. The van der Waals surface area contributed by atoms with Gasteiger partial charge in [-0.1, -0.05) is 15.9 Å². The lowest BCUT2D eigenvalue weighted by Crippen LogP contribution is -2.20. The number of esters is 1. The van der Waals surface area contributed by atoms with Crippen LogP contribution >= 0.6 is 27.7 Å². The van der Waals surface area contributed by atoms with Crippen LogP contribution < -0.4 is 15.4 Å². The summed E-state index contributed by atoms with van der Waals surface area (Å²) in [5, 5.41) is 4.42. The highest BCUT2D eigenvalue weighted by molar-refractivity contribution is 9.10. The zero-order chi connectivity index (χ0) is 22.4. The molecular weight excluding hydrogens is 488 g/mol. The minimum absolute atomic E-state index is 0.235. The van der Waals surface area contributed by atoms with Gasteiger partial charge in [-0.3, -0.25) is 19.7 Å². The van der Waals surface area contributed by atoms with Gasteiger partial charge in [0.1, 0.15) is 5.75 Å². The molecule has 0 aliphatic carbocycles. The third kappa shape index (κ3) is 6.19. The maximum Gasteiger partial charge on any atom is 0.338 e. The molecule has 0 spiro atoms. The van der Waals surface area contributed by atoms with Crippen molar-refractivity contribution in [3.05, 3.63) is 63.0 Å². The van der Waals surface area contributed by atoms with Crippen LogP contribution in [0.15, 0.2) is 51.8 Å². The quantitative estimate of drug-likeness (QED) is 0.433. The smallest absolute Gasteiger partial charge is 0.338 e. The van der Waals surface area contributed by atoms with Crippen molar-refractivity contribution >= 4 is 62.5 Å². The molecule has 2 aromatic rings. The van der Waals surface area contributed by atoms with Gasteiger partial charge in [0.15, 0.2) is 6.61 Å². The Morgan fingerprint density at radius 2 is 1.90 bits per heavy atom. The number of benzene rings is 2. The van der Waals surface area contributed by atoms with Gasteiger partial charge in [0.2, 0.25) is 0 Å². The van der Waals surface area contributed by atoms with Gasteiger partial charge in [-0.25, -0.2) is 4.79 Å². The molecule has 0 aromatic heterocycles. The number of carbonyl (C=O) groups excluding carboxylic acids is 4. The van der Waals surface area contributed by atoms with E-state index in [4.69, 9.17) is 9.47 Å². The van der Waals surface area contributed by atoms with Gasteiger partial charge < -0.3 is 14.8 Å². The molecule has 0 saturated carbocycles. The minimum atomic E-state index is -0.482. The van der Waals surface area contributed by atoms with Crippen LogP contribution in [0.4, 0.5) is 10.5 Å². The van der Waals surface area contributed by atoms with Crippen molar-refractivity contribution in [3.8, 4) is 5.75 Å². The summed E-state index contributed by atoms with van der Waals surface area (Å²) in [5.41, 5.74) is 1.42. The van der Waals surface area contributed by atoms with E-state index in [0.29, 0.717) is 22.6 Å². The van der Waals surface area contributed by atoms with Gasteiger partial charge in [-0.15, -0.1) is 0 Å². The van der Waals surface area contributed by atoms with E-state index in [1.54, 1.807) is 49.4 Å². The van der Waals surface area contributed by atoms with Crippen LogP contribution in [0.25, 0.3) is 6.08 Å². The largest absolute Gasteiger partial charge is 0.483 e. The monoisotopic (exact) mass is 504 g/mol. The molecule has 2 N–H and O–H groups in total. The highest BCUT2D eigenvalue weighted by Crippen LogP contribution is 2.31. The number of carbonyl (C=O) groups is 4. The summed E-state index contributed by atoms with van der Waals surface area (Å²) in [5.74, 6) is -0.953. The summed E-state index contributed by atoms with van der Waals surface area (Å²) >= 11 is 4.15. The van der Waals surface area contributed by atoms with E-state index in [-0.39, 0.29) is 18.1 Å². The normalized spacial score (nSPS) is 14.3. The Hall–Kier alpha value is -3.11. The lowest BCUT2D eigenvalue weighted by atomic mass is 10.2. The van der Waals surface area contributed by atoms with Crippen LogP contribution in [-0.2, 0) is 14.3 Å². The second-order valence-electron chi connectivity index (χ2n) is 6.17. The van der Waals surface area contributed by atoms with Crippen molar-refractivity contribution in [1.29, 1.82) is 0 Å². The molecule has 0 unspecified atom stereocenters. The Labute approximate surface area is 190 Å². The first-order valence-corrected chi connectivity index (χ1v) is 10.7. The molecule has 0 bridgehead atoms. The molecule has 0 atom stereocenters. The van der Waals surface area contributed by atoms with Crippen LogP contribution in [0.1, 0.15) is 22.8 Å². The molecule has 1 heterocycles. The van der Waals surface area contributed by atoms with Crippen molar-refractivity contribution < 1.29 is 28.7 Å². The van der Waals surface area contributed by atoms with E-state index in [0.717, 1.165) is 16.2 Å². The highest BCUT2D eigenvalue weighted by Gasteiger charge is 2.25. The Balaban J connectivity index is 1.64. The van der Waals surface area contributed by atoms with E-state index in [1.165, 1.54) is 6.08 Å². The second kappa shape index (κ2) is 10.3. The Bertz CT molecular complexity index is 1070. The van der Waals surface area contributed by atoms with E-state index in [9.17, 15) is 19.2 Å². The summed E-state index contributed by atoms with van der Waals surface area (Å²) in [6.07, 6.45) is 1.52. The highest BCUT2D eigenvalue weighted by atomic mass is 79.9. The number of hydrogen-bond acceptors (Lipinski definition) is 7. The van der Waals surface area contributed by atoms with Gasteiger partial charge in [-0.05, 0) is 67.2 Å². The average Bonchev–Trinajstić information content (AvgIpc) is 3.05. The zero-order valence-corrected chi connectivity index (χ0v) is 18.7. The zero-order valence-electron chi connectivity index (χ0n) is 16.3. The summed E-state index contributed by atoms with van der Waals surface area (Å²) in [6.45, 7) is 1.72. The number of rotatable bonds is 7. The lowest BCUT2D eigenvalue weighted by molar-refractivity contribution is -0.118. The molecule has 10 heteroatoms. The summed E-state index contributed by atoms with van der Waals surface area (Å²) < 4.78 is 11.3. The number of halogens is 1. The molecule has 0 radical (unpaired) electrons. The fourth-order valence-corrected chi connectivity index (χ4v) is 3.62. The number of thioether (sulfide) groups is 1. The number of hydrogen-bond donors (Lipinski definition) is 2. The minimum Gasteiger partial charge on any atom is -0.483 e. The van der Waals surface area contributed by atoms with Gasteiger partial charge in [0, 0.05) is 15.7 Å². The Kier molecular flexibility index (Phi) is 7.48. The fourth-order valence-electron chi connectivity index (χ4n) is 2.57. The van der Waals surface area contributed by atoms with Crippen molar-refractivity contribution in [2.24, 2.45) is 0 Å². The first-order valence-electron chi connectivity index (χ1n) is 9.10. The summed E-state index contributed by atoms with van der Waals surface area (Å²) in [7, 11) is 0. The molecule has 160 valence electrons. The van der Waals surface area contributed by atoms with Crippen LogP contribution in [0.3, 0.4) is 0 Å². The van der Waals surface area contributed by atoms with Crippen molar-refractivity contribution in [2.75, 3.05) is 18.5 Å². The van der Waals surface area contributed by atoms with E-state index >= 15 is 0 Å². The summed E-state index contributed by atoms with van der Waals surface area (Å²) in [4.78, 5) is 47.3. The molecule has 1 aliphatic heterocycles. The van der Waals surface area contributed by atoms with E-state index < -0.39 is 23.0 Å². The van der Waals surface area contributed by atoms with E-state index in [1.807, 2.05) is 0 Å². The second-order valence-corrected chi connectivity index (χ2v) is 8.10. The molecule has 3 rings (SSSR count). The topological polar surface area (TPSA) is 111 Å². The van der Waals surface area contributed by atoms with Crippen LogP contribution in [-0.4, -0.2) is 36.2 Å². The number of nitrogens with one attached hydrogen (secondary N) is 2. The maximum atomic E-state index is 12.3. The summed E-state index contributed by atoms with van der Waals surface area (Å²) in [6, 6.07) is 11.4. The number of anilines is 1. The first-order chi connectivity index (χ1) is 14.9. The predicted octanol–water partition coefficient (Wildman–Crippen LogP) is 3.97. The Morgan fingerprint density at radius 3 is 2.55 bits per heavy atom. The van der Waals surface area contributed by atoms with Crippen molar-refractivity contribution in [1.82, 2.24) is 5.32 Å². The molecule has 1 aliphatic rings. The third-order valence-corrected chi connectivity index (χ3v) is 5.24. The van der Waals surface area contributed by atoms with Crippen molar-refractivity contribution in [3.63, 3.8) is 0 Å². The van der Waals surface area contributed by atoms with Gasteiger partial charge >= 0.3 is 5.97 Å². The fraction of sp³-hybridized carbons (Fsp3) is 0.143. The van der Waals surface area contributed by atoms with Crippen molar-refractivity contribution in [2.45, 2.75) is 6.92 Å². The van der Waals surface area contributed by atoms with Gasteiger partial charge in [0.05, 0.1) is 17.1 Å². The molecule has 1 fully saturated rings. The van der Waals surface area contributed by atoms with E-state index in [2.05, 4.69) is 26.6 Å². The lowest BCUT2D eigenvalue weighted by Gasteiger charge is -2.11. The third-order valence-electron chi connectivity index (χ3n) is 3.94. The molecule has 2 aromatic carbocycles. The van der Waals surface area contributed by atoms with Crippen LogP contribution in [0.5, 0.6) is 5.75 Å². The molecule has 1 saturated heterocycles. The number of amides is 3. The van der Waals surface area contributed by atoms with Gasteiger partial charge in [0.25, 0.3) is 17.1 Å². The maximum absolute atomic E-state index is 12.3. The first kappa shape index (κ1) is 22.6. The van der Waals surface area contributed by atoms with Crippen LogP contribution in [0.2, 0.25) is 0 Å². The average molecular weight is 505 g/mol. The number of ether oxygens (including phenoxy) is 2. The molecular formula is C21H17BrN2O6S. The van der Waals surface area contributed by atoms with Gasteiger partial charge in [-0.2, -0.15) is 0 Å². The predicted molar refractivity (Wildman–Crippen MR) is 120 cm³/mol. The molecule has 8 nitrogen and oxygen atoms in total. The Morgan fingerprint density at radius 1 is 1.16 bits per heavy atom. The number of imide groups is 1.